The first-order chi connectivity index (χ1) is 6.50. The molecular formula is C7H8ClN3O3. The van der Waals surface area contributed by atoms with E-state index in [0.29, 0.717) is 0 Å². The molecule has 1 heterocycles. The molecule has 0 aliphatic carbocycles. The van der Waals surface area contributed by atoms with Gasteiger partial charge in [-0.15, -0.1) is 0 Å². The Bertz CT molecular complexity index is 356. The first-order valence-corrected chi connectivity index (χ1v) is 4.22. The van der Waals surface area contributed by atoms with E-state index in [2.05, 4.69) is 9.97 Å². The van der Waals surface area contributed by atoms with Gasteiger partial charge >= 0.3 is 5.69 Å². The maximum absolute atomic E-state index is 10.5. The topological polar surface area (TPSA) is 78.2 Å². The predicted molar refractivity (Wildman–Crippen MR) is 49.5 cm³/mol. The van der Waals surface area contributed by atoms with Crippen LogP contribution in [0.25, 0.3) is 0 Å². The van der Waals surface area contributed by atoms with Crippen LogP contribution in [0.2, 0.25) is 5.28 Å². The zero-order chi connectivity index (χ0) is 10.7. The summed E-state index contributed by atoms with van der Waals surface area (Å²) in [6.07, 6.45) is 0.812. The molecule has 1 aromatic heterocycles. The van der Waals surface area contributed by atoms with Gasteiger partial charge in [0.05, 0.1) is 11.0 Å². The van der Waals surface area contributed by atoms with Crippen molar-refractivity contribution in [2.45, 2.75) is 20.0 Å². The van der Waals surface area contributed by atoms with Crippen LogP contribution in [0.4, 0.5) is 5.69 Å². The molecule has 1 rings (SSSR count). The summed E-state index contributed by atoms with van der Waals surface area (Å²) in [7, 11) is 0. The number of nitro groups is 1. The fourth-order valence-electron chi connectivity index (χ4n) is 0.775. The second kappa shape index (κ2) is 4.19. The Morgan fingerprint density at radius 2 is 2.29 bits per heavy atom. The molecule has 0 aromatic carbocycles. The third kappa shape index (κ3) is 2.53. The van der Waals surface area contributed by atoms with Crippen molar-refractivity contribution >= 4 is 17.3 Å². The van der Waals surface area contributed by atoms with Crippen molar-refractivity contribution in [1.82, 2.24) is 9.97 Å². The van der Waals surface area contributed by atoms with Gasteiger partial charge in [-0.3, -0.25) is 10.1 Å². The Morgan fingerprint density at radius 1 is 1.64 bits per heavy atom. The van der Waals surface area contributed by atoms with Gasteiger partial charge in [-0.25, -0.2) is 4.98 Å². The number of ether oxygens (including phenoxy) is 1. The summed E-state index contributed by atoms with van der Waals surface area (Å²) >= 11 is 5.48. The summed E-state index contributed by atoms with van der Waals surface area (Å²) in [6, 6.07) is 0. The first kappa shape index (κ1) is 10.6. The Kier molecular flexibility index (Phi) is 3.19. The Balaban J connectivity index is 3.09. The maximum atomic E-state index is 10.5. The lowest BCUT2D eigenvalue weighted by Gasteiger charge is -2.07. The third-order valence-electron chi connectivity index (χ3n) is 1.25. The van der Waals surface area contributed by atoms with E-state index in [9.17, 15) is 10.1 Å². The third-order valence-corrected chi connectivity index (χ3v) is 1.43. The average Bonchev–Trinajstić information content (AvgIpc) is 2.01. The van der Waals surface area contributed by atoms with Crippen molar-refractivity contribution in [3.05, 3.63) is 21.6 Å². The lowest BCUT2D eigenvalue weighted by molar-refractivity contribution is -0.386. The quantitative estimate of drug-likeness (QED) is 0.438. The molecule has 0 saturated heterocycles. The zero-order valence-corrected chi connectivity index (χ0v) is 8.35. The molecule has 0 unspecified atom stereocenters. The number of nitrogens with zero attached hydrogens (tertiary/aromatic N) is 3. The molecule has 0 atom stereocenters. The lowest BCUT2D eigenvalue weighted by atomic mass is 10.4. The second-order valence-corrected chi connectivity index (χ2v) is 3.09. The molecule has 0 amide bonds. The molecule has 0 bridgehead atoms. The summed E-state index contributed by atoms with van der Waals surface area (Å²) in [6.45, 7) is 3.47. The van der Waals surface area contributed by atoms with E-state index >= 15 is 0 Å². The van der Waals surface area contributed by atoms with Crippen LogP contribution in [0.15, 0.2) is 6.20 Å². The molecule has 1 aromatic rings. The molecule has 0 radical (unpaired) electrons. The van der Waals surface area contributed by atoms with Crippen molar-refractivity contribution in [3.63, 3.8) is 0 Å². The van der Waals surface area contributed by atoms with Crippen LogP contribution in [0.3, 0.4) is 0 Å². The van der Waals surface area contributed by atoms with E-state index < -0.39 is 4.92 Å². The summed E-state index contributed by atoms with van der Waals surface area (Å²) in [5.74, 6) is -0.106. The number of rotatable bonds is 3. The number of hydrogen-bond acceptors (Lipinski definition) is 5. The molecule has 0 spiro atoms. The smallest absolute Gasteiger partial charge is 0.349 e. The van der Waals surface area contributed by atoms with Crippen LogP contribution in [0.5, 0.6) is 5.88 Å². The van der Waals surface area contributed by atoms with E-state index in [1.165, 1.54) is 0 Å². The highest BCUT2D eigenvalue weighted by Crippen LogP contribution is 2.25. The van der Waals surface area contributed by atoms with E-state index in [1.54, 1.807) is 13.8 Å². The van der Waals surface area contributed by atoms with Gasteiger partial charge < -0.3 is 4.74 Å². The van der Waals surface area contributed by atoms with Crippen LogP contribution >= 0.6 is 11.6 Å². The largest absolute Gasteiger partial charge is 0.470 e. The molecule has 7 heteroatoms. The monoisotopic (exact) mass is 217 g/mol. The van der Waals surface area contributed by atoms with Crippen LogP contribution in [0.1, 0.15) is 13.8 Å². The standard InChI is InChI=1S/C7H8ClN3O3/c1-4(2)14-6-5(11(12)13)3-9-7(8)10-6/h3-4H,1-2H3. The maximum Gasteiger partial charge on any atom is 0.349 e. The van der Waals surface area contributed by atoms with Crippen LogP contribution in [0, 0.1) is 10.1 Å². The van der Waals surface area contributed by atoms with E-state index in [4.69, 9.17) is 16.3 Å². The van der Waals surface area contributed by atoms with Crippen molar-refractivity contribution in [2.75, 3.05) is 0 Å². The van der Waals surface area contributed by atoms with Crippen molar-refractivity contribution < 1.29 is 9.66 Å². The lowest BCUT2D eigenvalue weighted by Crippen LogP contribution is -2.09. The minimum Gasteiger partial charge on any atom is -0.470 e. The van der Waals surface area contributed by atoms with Gasteiger partial charge in [0.1, 0.15) is 6.20 Å². The van der Waals surface area contributed by atoms with Gasteiger partial charge in [-0.2, -0.15) is 4.98 Å². The Morgan fingerprint density at radius 3 is 2.79 bits per heavy atom. The van der Waals surface area contributed by atoms with Crippen molar-refractivity contribution in [3.8, 4) is 5.88 Å². The molecule has 0 aliphatic rings. The van der Waals surface area contributed by atoms with Gasteiger partial charge in [0.15, 0.2) is 0 Å². The highest BCUT2D eigenvalue weighted by atomic mass is 35.5. The minimum absolute atomic E-state index is 0.0775. The molecule has 0 fully saturated rings. The molecule has 14 heavy (non-hydrogen) atoms. The second-order valence-electron chi connectivity index (χ2n) is 2.75. The van der Waals surface area contributed by atoms with E-state index in [-0.39, 0.29) is 23.0 Å². The van der Waals surface area contributed by atoms with Gasteiger partial charge in [-0.05, 0) is 25.4 Å². The predicted octanol–water partition coefficient (Wildman–Crippen LogP) is 1.83. The van der Waals surface area contributed by atoms with Gasteiger partial charge in [0.2, 0.25) is 5.28 Å². The Labute approximate surface area is 85.0 Å². The van der Waals surface area contributed by atoms with E-state index in [1.807, 2.05) is 0 Å². The molecule has 0 N–H and O–H groups in total. The Hall–Kier alpha value is -1.43. The van der Waals surface area contributed by atoms with Crippen molar-refractivity contribution in [2.24, 2.45) is 0 Å². The van der Waals surface area contributed by atoms with Crippen LogP contribution in [-0.2, 0) is 0 Å². The molecular weight excluding hydrogens is 210 g/mol. The van der Waals surface area contributed by atoms with E-state index in [0.717, 1.165) is 6.20 Å². The molecule has 6 nitrogen and oxygen atoms in total. The SMILES string of the molecule is CC(C)Oc1nc(Cl)ncc1[N+](=O)[O-]. The summed E-state index contributed by atoms with van der Waals surface area (Å²) < 4.78 is 5.11. The highest BCUT2D eigenvalue weighted by Gasteiger charge is 2.19. The average molecular weight is 218 g/mol. The number of halogens is 1. The highest BCUT2D eigenvalue weighted by molar-refractivity contribution is 6.28. The molecule has 76 valence electrons. The normalized spacial score (nSPS) is 10.3. The van der Waals surface area contributed by atoms with Crippen molar-refractivity contribution in [1.29, 1.82) is 0 Å². The van der Waals surface area contributed by atoms with Crippen LogP contribution < -0.4 is 4.74 Å². The minimum atomic E-state index is -0.617. The van der Waals surface area contributed by atoms with Gasteiger partial charge in [0, 0.05) is 0 Å². The first-order valence-electron chi connectivity index (χ1n) is 3.84. The number of aromatic nitrogens is 2. The number of hydrogen-bond donors (Lipinski definition) is 0. The fraction of sp³-hybridized carbons (Fsp3) is 0.429. The molecule has 0 aliphatic heterocycles. The summed E-state index contributed by atoms with van der Waals surface area (Å²) in [5.41, 5.74) is -0.289. The molecule has 0 saturated carbocycles. The van der Waals surface area contributed by atoms with Crippen LogP contribution in [-0.4, -0.2) is 21.0 Å². The fourth-order valence-corrected chi connectivity index (χ4v) is 0.900. The summed E-state index contributed by atoms with van der Waals surface area (Å²) in [4.78, 5) is 17.0. The van der Waals surface area contributed by atoms with Gasteiger partial charge in [-0.1, -0.05) is 0 Å². The van der Waals surface area contributed by atoms with Gasteiger partial charge in [0.25, 0.3) is 5.88 Å². The zero-order valence-electron chi connectivity index (χ0n) is 7.60. The summed E-state index contributed by atoms with van der Waals surface area (Å²) in [5, 5.41) is 10.4.